The van der Waals surface area contributed by atoms with E-state index in [2.05, 4.69) is 50.4 Å². The van der Waals surface area contributed by atoms with Gasteiger partial charge < -0.3 is 24.3 Å². The number of nitrogens with one attached hydrogen (secondary N) is 1. The van der Waals surface area contributed by atoms with E-state index in [0.29, 0.717) is 11.3 Å². The minimum absolute atomic E-state index is 0.00292. The third-order valence-electron chi connectivity index (χ3n) is 7.23. The third-order valence-corrected chi connectivity index (χ3v) is 12.2. The minimum atomic E-state index is -2.90. The van der Waals surface area contributed by atoms with Crippen LogP contribution < -0.4 is 20.4 Å². The molecule has 0 aromatic heterocycles. The molecule has 0 spiro atoms. The van der Waals surface area contributed by atoms with Gasteiger partial charge in [-0.1, -0.05) is 124 Å². The summed E-state index contributed by atoms with van der Waals surface area (Å²) in [4.78, 5) is 12.9. The molecule has 4 aromatic rings. The first kappa shape index (κ1) is 30.1. The quantitative estimate of drug-likeness (QED) is 0.230. The fourth-order valence-corrected chi connectivity index (χ4v) is 9.75. The van der Waals surface area contributed by atoms with Gasteiger partial charge >= 0.3 is 6.09 Å². The molecular formula is C34H39NO5Si. The lowest BCUT2D eigenvalue weighted by molar-refractivity contribution is 0.0623. The van der Waals surface area contributed by atoms with Crippen LogP contribution in [0.25, 0.3) is 0 Å². The molecule has 0 saturated carbocycles. The zero-order valence-corrected chi connectivity index (χ0v) is 25.1. The highest BCUT2D eigenvalue weighted by Crippen LogP contribution is 2.37. The van der Waals surface area contributed by atoms with Gasteiger partial charge in [0.15, 0.2) is 0 Å². The Balaban J connectivity index is 1.62. The van der Waals surface area contributed by atoms with Gasteiger partial charge in [0, 0.05) is 0 Å². The van der Waals surface area contributed by atoms with Crippen molar-refractivity contribution in [2.24, 2.45) is 0 Å². The van der Waals surface area contributed by atoms with Crippen LogP contribution in [0.1, 0.15) is 37.9 Å². The molecule has 0 aliphatic rings. The molecule has 1 amide bonds. The highest BCUT2D eigenvalue weighted by atomic mass is 28.4. The summed E-state index contributed by atoms with van der Waals surface area (Å²) in [5, 5.41) is 16.5. The average Bonchev–Trinajstić information content (AvgIpc) is 3.00. The maximum atomic E-state index is 12.9. The van der Waals surface area contributed by atoms with Gasteiger partial charge in [0.05, 0.1) is 19.8 Å². The lowest BCUT2D eigenvalue weighted by Gasteiger charge is -2.43. The summed E-state index contributed by atoms with van der Waals surface area (Å²) < 4.78 is 17.8. The van der Waals surface area contributed by atoms with Crippen LogP contribution in [0.2, 0.25) is 5.04 Å². The van der Waals surface area contributed by atoms with Gasteiger partial charge in [-0.2, -0.15) is 0 Å². The Bertz CT molecular complexity index is 1320. The minimum Gasteiger partial charge on any atom is -0.497 e. The van der Waals surface area contributed by atoms with E-state index in [-0.39, 0.29) is 18.3 Å². The average molecular weight is 570 g/mol. The Morgan fingerprint density at radius 1 is 0.805 bits per heavy atom. The van der Waals surface area contributed by atoms with E-state index >= 15 is 0 Å². The molecule has 0 heterocycles. The van der Waals surface area contributed by atoms with Crippen LogP contribution in [0.4, 0.5) is 4.79 Å². The Hall–Kier alpha value is -3.91. The van der Waals surface area contributed by atoms with Crippen molar-refractivity contribution in [3.63, 3.8) is 0 Å². The fourth-order valence-electron chi connectivity index (χ4n) is 5.17. The van der Waals surface area contributed by atoms with Crippen LogP contribution in [0.3, 0.4) is 0 Å². The standard InChI is InChI=1S/C34H39NO5Si/c1-34(2,3)41(29-16-10-6-11-17-29,30-18-12-7-13-19-30)40-25-31(36)32(27-20-22-28(38-4)23-21-27)35-33(37)39-24-26-14-8-5-9-15-26/h5-23,31-32,36H,24-25H2,1-4H3,(H,35,37)/t31-,32-/m1/s1. The number of ether oxygens (including phenoxy) is 2. The third kappa shape index (κ3) is 7.24. The Labute approximate surface area is 244 Å². The molecule has 214 valence electrons. The fraction of sp³-hybridized carbons (Fsp3) is 0.265. The number of methoxy groups -OCH3 is 1. The Morgan fingerprint density at radius 3 is 1.80 bits per heavy atom. The molecule has 4 rings (SSSR count). The molecule has 0 saturated heterocycles. The number of benzene rings is 4. The van der Waals surface area contributed by atoms with E-state index < -0.39 is 26.6 Å². The monoisotopic (exact) mass is 569 g/mol. The lowest BCUT2D eigenvalue weighted by atomic mass is 10.0. The molecule has 0 aliphatic carbocycles. The van der Waals surface area contributed by atoms with E-state index in [4.69, 9.17) is 13.9 Å². The number of hydrogen-bond donors (Lipinski definition) is 2. The van der Waals surface area contributed by atoms with Crippen LogP contribution in [-0.4, -0.2) is 39.3 Å². The largest absolute Gasteiger partial charge is 0.497 e. The van der Waals surface area contributed by atoms with Gasteiger partial charge in [0.25, 0.3) is 8.32 Å². The van der Waals surface area contributed by atoms with Gasteiger partial charge in [0.1, 0.15) is 18.5 Å². The second-order valence-electron chi connectivity index (χ2n) is 11.0. The Morgan fingerprint density at radius 2 is 1.32 bits per heavy atom. The van der Waals surface area contributed by atoms with Gasteiger partial charge in [-0.25, -0.2) is 4.79 Å². The number of carbonyl (C=O) groups excluding carboxylic acids is 1. The highest BCUT2D eigenvalue weighted by molar-refractivity contribution is 6.99. The first-order chi connectivity index (χ1) is 19.7. The van der Waals surface area contributed by atoms with Crippen molar-refractivity contribution >= 4 is 24.8 Å². The van der Waals surface area contributed by atoms with Crippen LogP contribution in [0, 0.1) is 0 Å². The molecule has 7 heteroatoms. The van der Waals surface area contributed by atoms with Crippen molar-refractivity contribution in [1.82, 2.24) is 5.32 Å². The topological polar surface area (TPSA) is 77.0 Å². The van der Waals surface area contributed by atoms with Crippen molar-refractivity contribution in [1.29, 1.82) is 0 Å². The van der Waals surface area contributed by atoms with Crippen molar-refractivity contribution in [2.45, 2.75) is 44.6 Å². The van der Waals surface area contributed by atoms with Crippen molar-refractivity contribution < 1.29 is 23.8 Å². The zero-order valence-electron chi connectivity index (χ0n) is 24.1. The van der Waals surface area contributed by atoms with Crippen molar-refractivity contribution in [3.8, 4) is 5.75 Å². The molecule has 0 aliphatic heterocycles. The predicted octanol–water partition coefficient (Wildman–Crippen LogP) is 5.60. The molecule has 4 aromatic carbocycles. The number of aliphatic hydroxyl groups is 1. The van der Waals surface area contributed by atoms with Crippen LogP contribution in [-0.2, 0) is 15.8 Å². The molecule has 0 unspecified atom stereocenters. The summed E-state index contributed by atoms with van der Waals surface area (Å²) in [6, 6.07) is 36.5. The maximum absolute atomic E-state index is 12.9. The van der Waals surface area contributed by atoms with E-state index in [9.17, 15) is 9.90 Å². The first-order valence-electron chi connectivity index (χ1n) is 13.8. The zero-order chi connectivity index (χ0) is 29.3. The summed E-state index contributed by atoms with van der Waals surface area (Å²) in [6.45, 7) is 6.68. The second-order valence-corrected chi connectivity index (χ2v) is 15.3. The molecule has 2 N–H and O–H groups in total. The molecule has 2 atom stereocenters. The summed E-state index contributed by atoms with van der Waals surface area (Å²) in [5.74, 6) is 0.678. The summed E-state index contributed by atoms with van der Waals surface area (Å²) in [7, 11) is -1.30. The van der Waals surface area contributed by atoms with Gasteiger partial charge in [-0.05, 0) is 38.7 Å². The van der Waals surface area contributed by atoms with E-state index in [0.717, 1.165) is 15.9 Å². The maximum Gasteiger partial charge on any atom is 0.408 e. The lowest BCUT2D eigenvalue weighted by Crippen LogP contribution is -2.67. The molecular weight excluding hydrogens is 530 g/mol. The number of rotatable bonds is 11. The molecule has 0 bridgehead atoms. The van der Waals surface area contributed by atoms with Crippen LogP contribution >= 0.6 is 0 Å². The molecule has 0 radical (unpaired) electrons. The number of aliphatic hydroxyl groups excluding tert-OH is 1. The van der Waals surface area contributed by atoms with Crippen LogP contribution in [0.5, 0.6) is 5.75 Å². The summed E-state index contributed by atoms with van der Waals surface area (Å²) in [6.07, 6.45) is -1.69. The first-order valence-corrected chi connectivity index (χ1v) is 15.7. The molecule has 41 heavy (non-hydrogen) atoms. The smallest absolute Gasteiger partial charge is 0.408 e. The SMILES string of the molecule is COc1ccc([C@@H](NC(=O)OCc2ccccc2)[C@H](O)CO[Si](c2ccccc2)(c2ccccc2)C(C)(C)C)cc1. The summed E-state index contributed by atoms with van der Waals surface area (Å²) in [5.41, 5.74) is 1.58. The van der Waals surface area contributed by atoms with Gasteiger partial charge in [-0.3, -0.25) is 0 Å². The molecule has 6 nitrogen and oxygen atoms in total. The van der Waals surface area contributed by atoms with E-state index in [1.807, 2.05) is 78.9 Å². The van der Waals surface area contributed by atoms with E-state index in [1.54, 1.807) is 19.2 Å². The van der Waals surface area contributed by atoms with Crippen molar-refractivity contribution in [3.05, 3.63) is 126 Å². The number of amides is 1. The molecule has 0 fully saturated rings. The van der Waals surface area contributed by atoms with Crippen molar-refractivity contribution in [2.75, 3.05) is 13.7 Å². The normalized spacial score (nSPS) is 13.2. The number of carbonyl (C=O) groups is 1. The van der Waals surface area contributed by atoms with Crippen LogP contribution in [0.15, 0.2) is 115 Å². The van der Waals surface area contributed by atoms with Gasteiger partial charge in [0.2, 0.25) is 0 Å². The predicted molar refractivity (Wildman–Crippen MR) is 165 cm³/mol. The highest BCUT2D eigenvalue weighted by Gasteiger charge is 2.50. The number of alkyl carbamates (subject to hydrolysis) is 1. The summed E-state index contributed by atoms with van der Waals surface area (Å²) >= 11 is 0. The second kappa shape index (κ2) is 13.6. The Kier molecular flexibility index (Phi) is 9.99. The van der Waals surface area contributed by atoms with E-state index in [1.165, 1.54) is 0 Å². The number of hydrogen-bond acceptors (Lipinski definition) is 5. The van der Waals surface area contributed by atoms with Gasteiger partial charge in [-0.15, -0.1) is 0 Å².